The summed E-state index contributed by atoms with van der Waals surface area (Å²) in [5.74, 6) is -1.05. The lowest BCUT2D eigenvalue weighted by Crippen LogP contribution is -2.23. The third-order valence-electron chi connectivity index (χ3n) is 2.69. The quantitative estimate of drug-likeness (QED) is 0.720. The van der Waals surface area contributed by atoms with Crippen LogP contribution in [0.15, 0.2) is 18.2 Å². The first-order chi connectivity index (χ1) is 8.69. The Kier molecular flexibility index (Phi) is 6.83. The number of hydrogen-bond donors (Lipinski definition) is 1. The predicted octanol–water partition coefficient (Wildman–Crippen LogP) is 3.43. The second-order valence-electron chi connectivity index (χ2n) is 4.18. The first kappa shape index (κ1) is 15.1. The standard InChI is InChI=1S/C14H21F2NO/c1-3-8-18-9-7-14(17-4-2)12-6-5-11(15)10-13(12)16/h5-6,10,14,17H,3-4,7-9H2,1-2H3. The lowest BCUT2D eigenvalue weighted by atomic mass is 10.0. The topological polar surface area (TPSA) is 21.3 Å². The van der Waals surface area contributed by atoms with Crippen LogP contribution in [0.5, 0.6) is 0 Å². The largest absolute Gasteiger partial charge is 0.381 e. The molecule has 0 aliphatic carbocycles. The maximum absolute atomic E-state index is 13.7. The van der Waals surface area contributed by atoms with Gasteiger partial charge in [0.2, 0.25) is 0 Å². The first-order valence-corrected chi connectivity index (χ1v) is 6.45. The second-order valence-corrected chi connectivity index (χ2v) is 4.18. The smallest absolute Gasteiger partial charge is 0.130 e. The molecular weight excluding hydrogens is 236 g/mol. The maximum atomic E-state index is 13.7. The van der Waals surface area contributed by atoms with Gasteiger partial charge in [-0.1, -0.05) is 19.9 Å². The van der Waals surface area contributed by atoms with Crippen molar-refractivity contribution in [1.29, 1.82) is 0 Å². The molecule has 0 aliphatic heterocycles. The number of ether oxygens (including phenoxy) is 1. The lowest BCUT2D eigenvalue weighted by Gasteiger charge is -2.19. The Morgan fingerprint density at radius 3 is 2.61 bits per heavy atom. The molecule has 1 rings (SSSR count). The van der Waals surface area contributed by atoms with Gasteiger partial charge in [0.25, 0.3) is 0 Å². The Balaban J connectivity index is 2.64. The maximum Gasteiger partial charge on any atom is 0.130 e. The van der Waals surface area contributed by atoms with Gasteiger partial charge in [-0.15, -0.1) is 0 Å². The van der Waals surface area contributed by atoms with Gasteiger partial charge in [0, 0.05) is 30.9 Å². The van der Waals surface area contributed by atoms with Crippen molar-refractivity contribution >= 4 is 0 Å². The Morgan fingerprint density at radius 2 is 2.00 bits per heavy atom. The van der Waals surface area contributed by atoms with Crippen molar-refractivity contribution < 1.29 is 13.5 Å². The fourth-order valence-corrected chi connectivity index (χ4v) is 1.85. The Hall–Kier alpha value is -1.00. The van der Waals surface area contributed by atoms with Gasteiger partial charge in [-0.25, -0.2) is 8.78 Å². The summed E-state index contributed by atoms with van der Waals surface area (Å²) < 4.78 is 32.0. The van der Waals surface area contributed by atoms with Gasteiger partial charge in [-0.3, -0.25) is 0 Å². The third-order valence-corrected chi connectivity index (χ3v) is 2.69. The van der Waals surface area contributed by atoms with E-state index in [2.05, 4.69) is 5.32 Å². The molecule has 2 nitrogen and oxygen atoms in total. The number of nitrogens with one attached hydrogen (secondary N) is 1. The molecule has 0 heterocycles. The molecule has 0 saturated carbocycles. The van der Waals surface area contributed by atoms with Gasteiger partial charge >= 0.3 is 0 Å². The highest BCUT2D eigenvalue weighted by molar-refractivity contribution is 5.22. The van der Waals surface area contributed by atoms with E-state index in [1.807, 2.05) is 13.8 Å². The highest BCUT2D eigenvalue weighted by Crippen LogP contribution is 2.21. The zero-order valence-electron chi connectivity index (χ0n) is 11.0. The van der Waals surface area contributed by atoms with Crippen LogP contribution < -0.4 is 5.32 Å². The SMILES string of the molecule is CCCOCCC(NCC)c1ccc(F)cc1F. The van der Waals surface area contributed by atoms with Gasteiger partial charge in [-0.2, -0.15) is 0 Å². The highest BCUT2D eigenvalue weighted by Gasteiger charge is 2.15. The van der Waals surface area contributed by atoms with Gasteiger partial charge < -0.3 is 10.1 Å². The molecule has 4 heteroatoms. The van der Waals surface area contributed by atoms with Crippen LogP contribution in [0, 0.1) is 11.6 Å². The Labute approximate surface area is 107 Å². The van der Waals surface area contributed by atoms with Crippen molar-refractivity contribution in [3.8, 4) is 0 Å². The third kappa shape index (κ3) is 4.70. The average molecular weight is 257 g/mol. The molecule has 0 radical (unpaired) electrons. The zero-order chi connectivity index (χ0) is 13.4. The van der Waals surface area contributed by atoms with E-state index in [-0.39, 0.29) is 6.04 Å². The van der Waals surface area contributed by atoms with E-state index in [4.69, 9.17) is 4.74 Å². The van der Waals surface area contributed by atoms with Crippen molar-refractivity contribution in [3.63, 3.8) is 0 Å². The molecule has 18 heavy (non-hydrogen) atoms. The molecule has 1 atom stereocenters. The molecule has 1 aromatic rings. The number of hydrogen-bond acceptors (Lipinski definition) is 2. The fourth-order valence-electron chi connectivity index (χ4n) is 1.85. The molecule has 0 fully saturated rings. The van der Waals surface area contributed by atoms with Gasteiger partial charge in [0.1, 0.15) is 11.6 Å². The summed E-state index contributed by atoms with van der Waals surface area (Å²) in [6.07, 6.45) is 1.65. The van der Waals surface area contributed by atoms with E-state index in [0.29, 0.717) is 25.2 Å². The Morgan fingerprint density at radius 1 is 1.22 bits per heavy atom. The van der Waals surface area contributed by atoms with Gasteiger partial charge in [0.15, 0.2) is 0 Å². The van der Waals surface area contributed by atoms with Crippen LogP contribution in [-0.2, 0) is 4.74 Å². The molecule has 1 unspecified atom stereocenters. The van der Waals surface area contributed by atoms with E-state index < -0.39 is 11.6 Å². The average Bonchev–Trinajstić information content (AvgIpc) is 2.34. The summed E-state index contributed by atoms with van der Waals surface area (Å²) in [5.41, 5.74) is 0.498. The monoisotopic (exact) mass is 257 g/mol. The first-order valence-electron chi connectivity index (χ1n) is 6.45. The molecule has 0 bridgehead atoms. The van der Waals surface area contributed by atoms with Crippen LogP contribution in [0.2, 0.25) is 0 Å². The lowest BCUT2D eigenvalue weighted by molar-refractivity contribution is 0.124. The summed E-state index contributed by atoms with van der Waals surface area (Å²) in [6, 6.07) is 3.58. The summed E-state index contributed by atoms with van der Waals surface area (Å²) in [5, 5.41) is 3.19. The molecule has 0 aromatic heterocycles. The van der Waals surface area contributed by atoms with Crippen molar-refractivity contribution in [3.05, 3.63) is 35.4 Å². The summed E-state index contributed by atoms with van der Waals surface area (Å²) in [7, 11) is 0. The van der Waals surface area contributed by atoms with Crippen molar-refractivity contribution in [2.75, 3.05) is 19.8 Å². The van der Waals surface area contributed by atoms with Crippen LogP contribution in [0.4, 0.5) is 8.78 Å². The van der Waals surface area contributed by atoms with Crippen LogP contribution >= 0.6 is 0 Å². The van der Waals surface area contributed by atoms with Gasteiger partial charge in [-0.05, 0) is 25.5 Å². The van der Waals surface area contributed by atoms with E-state index in [9.17, 15) is 8.78 Å². The fraction of sp³-hybridized carbons (Fsp3) is 0.571. The van der Waals surface area contributed by atoms with Gasteiger partial charge in [0.05, 0.1) is 0 Å². The highest BCUT2D eigenvalue weighted by atomic mass is 19.1. The molecular formula is C14H21F2NO. The van der Waals surface area contributed by atoms with Crippen LogP contribution in [-0.4, -0.2) is 19.8 Å². The zero-order valence-corrected chi connectivity index (χ0v) is 11.0. The van der Waals surface area contributed by atoms with Crippen LogP contribution in [0.1, 0.15) is 38.3 Å². The van der Waals surface area contributed by atoms with Crippen LogP contribution in [0.3, 0.4) is 0 Å². The molecule has 0 amide bonds. The number of halogens is 2. The van der Waals surface area contributed by atoms with E-state index in [1.54, 1.807) is 0 Å². The predicted molar refractivity (Wildman–Crippen MR) is 68.5 cm³/mol. The number of benzene rings is 1. The minimum Gasteiger partial charge on any atom is -0.381 e. The summed E-state index contributed by atoms with van der Waals surface area (Å²) in [4.78, 5) is 0. The normalized spacial score (nSPS) is 12.7. The molecule has 0 spiro atoms. The summed E-state index contributed by atoms with van der Waals surface area (Å²) >= 11 is 0. The molecule has 0 saturated heterocycles. The minimum absolute atomic E-state index is 0.132. The van der Waals surface area contributed by atoms with E-state index >= 15 is 0 Å². The minimum atomic E-state index is -0.547. The van der Waals surface area contributed by atoms with E-state index in [1.165, 1.54) is 12.1 Å². The van der Waals surface area contributed by atoms with Crippen LogP contribution in [0.25, 0.3) is 0 Å². The van der Waals surface area contributed by atoms with Crippen molar-refractivity contribution in [2.45, 2.75) is 32.7 Å². The van der Waals surface area contributed by atoms with Crippen molar-refractivity contribution in [2.24, 2.45) is 0 Å². The van der Waals surface area contributed by atoms with E-state index in [0.717, 1.165) is 19.0 Å². The molecule has 0 aliphatic rings. The summed E-state index contributed by atoms with van der Waals surface area (Å²) in [6.45, 7) is 6.02. The number of rotatable bonds is 8. The Bertz CT molecular complexity index is 358. The second kappa shape index (κ2) is 8.16. The molecule has 1 N–H and O–H groups in total. The molecule has 102 valence electrons. The molecule has 1 aromatic carbocycles. The van der Waals surface area contributed by atoms with Crippen molar-refractivity contribution in [1.82, 2.24) is 5.32 Å².